The summed E-state index contributed by atoms with van der Waals surface area (Å²) in [6, 6.07) is 0. The van der Waals surface area contributed by atoms with Gasteiger partial charge < -0.3 is 0 Å². The smallest absolute Gasteiger partial charge is 0.0113 e. The molecule has 0 atom stereocenters. The maximum atomic E-state index is 3.69. The van der Waals surface area contributed by atoms with Crippen molar-refractivity contribution in [3.8, 4) is 0 Å². The zero-order chi connectivity index (χ0) is 5.54. The van der Waals surface area contributed by atoms with Gasteiger partial charge in [0.2, 0.25) is 0 Å². The largest absolute Gasteiger partial charge is 0.158 e. The van der Waals surface area contributed by atoms with Crippen molar-refractivity contribution in [2.75, 3.05) is 11.5 Å². The first-order valence-corrected chi connectivity index (χ1v) is 3.55. The molecule has 0 aliphatic rings. The maximum absolute atomic E-state index is 3.69. The van der Waals surface area contributed by atoms with E-state index in [1.807, 2.05) is 18.7 Å². The van der Waals surface area contributed by atoms with E-state index >= 15 is 0 Å². The van der Waals surface area contributed by atoms with E-state index in [1.54, 1.807) is 0 Å². The van der Waals surface area contributed by atoms with Crippen LogP contribution in [0.1, 0.15) is 6.92 Å². The molecular formula is C6H11S. The van der Waals surface area contributed by atoms with Crippen LogP contribution in [0.2, 0.25) is 0 Å². The van der Waals surface area contributed by atoms with Gasteiger partial charge in [-0.15, -0.1) is 0 Å². The van der Waals surface area contributed by atoms with Crippen LogP contribution in [-0.4, -0.2) is 11.5 Å². The van der Waals surface area contributed by atoms with Crippen LogP contribution in [0.4, 0.5) is 0 Å². The molecule has 0 aliphatic carbocycles. The van der Waals surface area contributed by atoms with Gasteiger partial charge in [-0.05, 0) is 19.6 Å². The molecule has 0 rings (SSSR count). The Morgan fingerprint density at radius 2 is 2.43 bits per heavy atom. The third kappa shape index (κ3) is 6.09. The summed E-state index contributed by atoms with van der Waals surface area (Å²) in [5.74, 6) is 2.09. The molecule has 0 aromatic rings. The van der Waals surface area contributed by atoms with E-state index in [-0.39, 0.29) is 0 Å². The number of allylic oxidation sites excluding steroid dienone is 1. The van der Waals surface area contributed by atoms with Crippen molar-refractivity contribution in [2.24, 2.45) is 0 Å². The van der Waals surface area contributed by atoms with E-state index in [2.05, 4.69) is 19.1 Å². The topological polar surface area (TPSA) is 0 Å². The van der Waals surface area contributed by atoms with Gasteiger partial charge in [0.15, 0.2) is 0 Å². The van der Waals surface area contributed by atoms with E-state index in [1.165, 1.54) is 0 Å². The Labute approximate surface area is 50.0 Å². The van der Waals surface area contributed by atoms with E-state index in [4.69, 9.17) is 0 Å². The molecule has 0 aliphatic heterocycles. The fourth-order valence-electron chi connectivity index (χ4n) is 0.248. The first kappa shape index (κ1) is 7.09. The third-order valence-corrected chi connectivity index (χ3v) is 1.31. The number of hydrogen-bond donors (Lipinski definition) is 0. The normalized spacial score (nSPS) is 10.6. The fraction of sp³-hybridized carbons (Fsp3) is 0.500. The molecule has 0 bridgehead atoms. The van der Waals surface area contributed by atoms with Gasteiger partial charge in [0.25, 0.3) is 0 Å². The molecule has 0 saturated heterocycles. The lowest BCUT2D eigenvalue weighted by molar-refractivity contribution is 1.64. The summed E-state index contributed by atoms with van der Waals surface area (Å²) in [4.78, 5) is 0. The third-order valence-electron chi connectivity index (χ3n) is 0.594. The van der Waals surface area contributed by atoms with Gasteiger partial charge in [0, 0.05) is 5.75 Å². The van der Waals surface area contributed by atoms with E-state index in [0.29, 0.717) is 0 Å². The molecule has 0 saturated carbocycles. The summed E-state index contributed by atoms with van der Waals surface area (Å²) in [5.41, 5.74) is 0. The minimum Gasteiger partial charge on any atom is -0.158 e. The summed E-state index contributed by atoms with van der Waals surface area (Å²) < 4.78 is 0. The SMILES string of the molecule is [CH2]CSCC=CC. The average Bonchev–Trinajstić information content (AvgIpc) is 1.69. The van der Waals surface area contributed by atoms with Crippen molar-refractivity contribution in [1.82, 2.24) is 0 Å². The van der Waals surface area contributed by atoms with Crippen molar-refractivity contribution in [3.63, 3.8) is 0 Å². The van der Waals surface area contributed by atoms with Crippen molar-refractivity contribution in [2.45, 2.75) is 6.92 Å². The molecule has 0 fully saturated rings. The van der Waals surface area contributed by atoms with Gasteiger partial charge in [0.1, 0.15) is 0 Å². The highest BCUT2D eigenvalue weighted by molar-refractivity contribution is 7.99. The summed E-state index contributed by atoms with van der Waals surface area (Å²) in [7, 11) is 0. The lowest BCUT2D eigenvalue weighted by atomic mass is 10.6. The molecule has 0 unspecified atom stereocenters. The lowest BCUT2D eigenvalue weighted by Crippen LogP contribution is -1.69. The van der Waals surface area contributed by atoms with Gasteiger partial charge in [0.05, 0.1) is 0 Å². The summed E-state index contributed by atoms with van der Waals surface area (Å²) in [6.45, 7) is 5.72. The van der Waals surface area contributed by atoms with E-state index in [9.17, 15) is 0 Å². The molecule has 7 heavy (non-hydrogen) atoms. The minimum absolute atomic E-state index is 0.977. The van der Waals surface area contributed by atoms with Gasteiger partial charge in [-0.3, -0.25) is 0 Å². The Bertz CT molecular complexity index is 48.1. The van der Waals surface area contributed by atoms with Crippen molar-refractivity contribution >= 4 is 11.8 Å². The van der Waals surface area contributed by atoms with E-state index < -0.39 is 0 Å². The Hall–Kier alpha value is 0.0900. The molecule has 0 aromatic carbocycles. The van der Waals surface area contributed by atoms with E-state index in [0.717, 1.165) is 11.5 Å². The Morgan fingerprint density at radius 3 is 2.86 bits per heavy atom. The second-order valence-electron chi connectivity index (χ2n) is 1.14. The second kappa shape index (κ2) is 6.09. The molecule has 0 spiro atoms. The van der Waals surface area contributed by atoms with Crippen LogP contribution in [0.3, 0.4) is 0 Å². The van der Waals surface area contributed by atoms with Crippen LogP contribution >= 0.6 is 11.8 Å². The summed E-state index contributed by atoms with van der Waals surface area (Å²) in [6.07, 6.45) is 4.19. The van der Waals surface area contributed by atoms with Gasteiger partial charge in [-0.1, -0.05) is 12.2 Å². The molecule has 0 nitrogen and oxygen atoms in total. The number of hydrogen-bond acceptors (Lipinski definition) is 1. The standard InChI is InChI=1S/C6H11S/c1-3-5-6-7-4-2/h3,5H,2,4,6H2,1H3. The Kier molecular flexibility index (Phi) is 6.17. The van der Waals surface area contributed by atoms with Crippen LogP contribution in [0.15, 0.2) is 12.2 Å². The van der Waals surface area contributed by atoms with Crippen LogP contribution < -0.4 is 0 Å². The molecule has 1 heteroatoms. The molecule has 0 aromatic heterocycles. The van der Waals surface area contributed by atoms with Gasteiger partial charge in [-0.2, -0.15) is 11.8 Å². The first-order chi connectivity index (χ1) is 3.41. The molecular weight excluding hydrogens is 104 g/mol. The van der Waals surface area contributed by atoms with Crippen LogP contribution in [0.25, 0.3) is 0 Å². The molecule has 1 radical (unpaired) electrons. The fourth-order valence-corrected chi connectivity index (χ4v) is 0.743. The lowest BCUT2D eigenvalue weighted by Gasteiger charge is -1.84. The quantitative estimate of drug-likeness (QED) is 0.401. The number of rotatable bonds is 3. The zero-order valence-electron chi connectivity index (χ0n) is 4.68. The molecule has 0 amide bonds. The van der Waals surface area contributed by atoms with Crippen LogP contribution in [0, 0.1) is 6.92 Å². The van der Waals surface area contributed by atoms with Crippen LogP contribution in [0.5, 0.6) is 0 Å². The molecule has 41 valence electrons. The second-order valence-corrected chi connectivity index (χ2v) is 2.29. The van der Waals surface area contributed by atoms with Crippen molar-refractivity contribution in [1.29, 1.82) is 0 Å². The summed E-state index contributed by atoms with van der Waals surface area (Å²) >= 11 is 1.83. The monoisotopic (exact) mass is 115 g/mol. The minimum atomic E-state index is 0.977. The molecule has 0 N–H and O–H groups in total. The average molecular weight is 115 g/mol. The maximum Gasteiger partial charge on any atom is 0.0113 e. The predicted octanol–water partition coefficient (Wildman–Crippen LogP) is 2.13. The van der Waals surface area contributed by atoms with Gasteiger partial charge >= 0.3 is 0 Å². The zero-order valence-corrected chi connectivity index (χ0v) is 5.50. The summed E-state index contributed by atoms with van der Waals surface area (Å²) in [5, 5.41) is 0. The van der Waals surface area contributed by atoms with Crippen molar-refractivity contribution in [3.05, 3.63) is 19.1 Å². The first-order valence-electron chi connectivity index (χ1n) is 2.40. The molecule has 0 heterocycles. The van der Waals surface area contributed by atoms with Crippen molar-refractivity contribution < 1.29 is 0 Å². The highest BCUT2D eigenvalue weighted by Crippen LogP contribution is 1.96. The van der Waals surface area contributed by atoms with Crippen LogP contribution in [-0.2, 0) is 0 Å². The highest BCUT2D eigenvalue weighted by atomic mass is 32.2. The number of thioether (sulfide) groups is 1. The Balaban J connectivity index is 2.69. The Morgan fingerprint density at radius 1 is 1.71 bits per heavy atom. The highest BCUT2D eigenvalue weighted by Gasteiger charge is 1.72. The van der Waals surface area contributed by atoms with Gasteiger partial charge in [-0.25, -0.2) is 0 Å². The predicted molar refractivity (Wildman–Crippen MR) is 37.5 cm³/mol.